The van der Waals surface area contributed by atoms with E-state index in [0.29, 0.717) is 46.7 Å². The molecule has 198 valence electrons. The highest BCUT2D eigenvalue weighted by Gasteiger charge is 2.41. The molecule has 11 nitrogen and oxygen atoms in total. The minimum Gasteiger partial charge on any atom is -0.481 e. The standard InChI is InChI=1S/C24H30F2N8O3/c1-3-17-19(33-11-16(8-22(35)36)9-24(25,26)14-33)7-6-18(28-17)23-20(32(2)31-29-23)13-37-21-10-27-34(30-21)12-15-4-5-15/h6-7,10,15-16H,3-5,8-9,11-14H2,1-2H3,(H,35,36). The third-order valence-electron chi connectivity index (χ3n) is 6.75. The van der Waals surface area contributed by atoms with E-state index in [-0.39, 0.29) is 19.6 Å². The van der Waals surface area contributed by atoms with E-state index >= 15 is 0 Å². The number of aryl methyl sites for hydroxylation is 2. The maximum Gasteiger partial charge on any atom is 0.303 e. The lowest BCUT2D eigenvalue weighted by Crippen LogP contribution is -2.48. The Kier molecular flexibility index (Phi) is 6.78. The van der Waals surface area contributed by atoms with E-state index in [4.69, 9.17) is 14.8 Å². The van der Waals surface area contributed by atoms with Gasteiger partial charge in [0.2, 0.25) is 0 Å². The van der Waals surface area contributed by atoms with Crippen LogP contribution < -0.4 is 9.64 Å². The number of pyridine rings is 1. The van der Waals surface area contributed by atoms with Crippen LogP contribution >= 0.6 is 0 Å². The molecule has 0 spiro atoms. The summed E-state index contributed by atoms with van der Waals surface area (Å²) in [5.41, 5.74) is 2.97. The van der Waals surface area contributed by atoms with Crippen LogP contribution in [0, 0.1) is 11.8 Å². The molecule has 0 radical (unpaired) electrons. The first-order valence-corrected chi connectivity index (χ1v) is 12.5. The predicted molar refractivity (Wildman–Crippen MR) is 128 cm³/mol. The molecule has 37 heavy (non-hydrogen) atoms. The van der Waals surface area contributed by atoms with E-state index in [1.165, 1.54) is 12.8 Å². The molecule has 0 amide bonds. The van der Waals surface area contributed by atoms with Gasteiger partial charge in [0.15, 0.2) is 0 Å². The van der Waals surface area contributed by atoms with Gasteiger partial charge in [-0.1, -0.05) is 12.1 Å². The number of carboxylic acid groups (broad SMARTS) is 1. The molecule has 3 aromatic heterocycles. The fourth-order valence-corrected chi connectivity index (χ4v) is 4.79. The van der Waals surface area contributed by atoms with Crippen molar-refractivity contribution in [2.45, 2.75) is 58.1 Å². The molecular weight excluding hydrogens is 486 g/mol. The molecule has 1 atom stereocenters. The fraction of sp³-hybridized carbons (Fsp3) is 0.583. The number of alkyl halides is 2. The summed E-state index contributed by atoms with van der Waals surface area (Å²) in [6.07, 6.45) is 3.77. The van der Waals surface area contributed by atoms with E-state index in [1.807, 2.05) is 6.92 Å². The van der Waals surface area contributed by atoms with Gasteiger partial charge < -0.3 is 14.7 Å². The van der Waals surface area contributed by atoms with E-state index in [2.05, 4.69) is 20.5 Å². The summed E-state index contributed by atoms with van der Waals surface area (Å²) in [7, 11) is 1.76. The molecule has 0 bridgehead atoms. The number of carbonyl (C=O) groups is 1. The molecule has 13 heteroatoms. The Labute approximate surface area is 212 Å². The third-order valence-corrected chi connectivity index (χ3v) is 6.75. The smallest absolute Gasteiger partial charge is 0.303 e. The van der Waals surface area contributed by atoms with Gasteiger partial charge >= 0.3 is 5.97 Å². The summed E-state index contributed by atoms with van der Waals surface area (Å²) in [5.74, 6) is -3.63. The average molecular weight is 517 g/mol. The minimum absolute atomic E-state index is 0.154. The molecule has 2 fully saturated rings. The van der Waals surface area contributed by atoms with Crippen molar-refractivity contribution in [2.24, 2.45) is 18.9 Å². The van der Waals surface area contributed by atoms with Crippen LogP contribution in [0.1, 0.15) is 44.0 Å². The maximum atomic E-state index is 14.5. The molecule has 4 heterocycles. The number of rotatable bonds is 10. The van der Waals surface area contributed by atoms with Crippen molar-refractivity contribution in [1.82, 2.24) is 35.0 Å². The monoisotopic (exact) mass is 516 g/mol. The highest BCUT2D eigenvalue weighted by molar-refractivity contribution is 5.67. The Hall–Kier alpha value is -3.64. The molecule has 0 aromatic carbocycles. The van der Waals surface area contributed by atoms with Gasteiger partial charge in [-0.05, 0) is 43.2 Å². The van der Waals surface area contributed by atoms with Crippen LogP contribution in [0.2, 0.25) is 0 Å². The average Bonchev–Trinajstić information content (AvgIpc) is 3.41. The highest BCUT2D eigenvalue weighted by atomic mass is 19.3. The number of anilines is 1. The first-order chi connectivity index (χ1) is 17.7. The Bertz CT molecular complexity index is 1270. The summed E-state index contributed by atoms with van der Waals surface area (Å²) in [6.45, 7) is 2.61. The predicted octanol–water partition coefficient (Wildman–Crippen LogP) is 2.96. The van der Waals surface area contributed by atoms with Gasteiger partial charge in [-0.2, -0.15) is 9.90 Å². The van der Waals surface area contributed by atoms with Gasteiger partial charge in [0.25, 0.3) is 11.8 Å². The van der Waals surface area contributed by atoms with Crippen molar-refractivity contribution < 1.29 is 23.4 Å². The van der Waals surface area contributed by atoms with Gasteiger partial charge in [-0.25, -0.2) is 18.4 Å². The quantitative estimate of drug-likeness (QED) is 0.433. The number of aromatic nitrogens is 7. The molecule has 1 aliphatic carbocycles. The van der Waals surface area contributed by atoms with Crippen molar-refractivity contribution in [3.8, 4) is 17.3 Å². The number of hydrogen-bond acceptors (Lipinski definition) is 8. The van der Waals surface area contributed by atoms with Crippen LogP contribution in [0.3, 0.4) is 0 Å². The summed E-state index contributed by atoms with van der Waals surface area (Å²) in [4.78, 5) is 19.1. The van der Waals surface area contributed by atoms with Gasteiger partial charge in [0, 0.05) is 20.0 Å². The number of nitrogens with zero attached hydrogens (tertiary/aromatic N) is 8. The zero-order chi connectivity index (χ0) is 26.2. The van der Waals surface area contributed by atoms with Crippen LogP contribution in [-0.4, -0.2) is 65.1 Å². The van der Waals surface area contributed by atoms with Crippen LogP contribution in [0.15, 0.2) is 18.3 Å². The Morgan fingerprint density at radius 1 is 1.27 bits per heavy atom. The number of hydrogen-bond donors (Lipinski definition) is 1. The van der Waals surface area contributed by atoms with Crippen LogP contribution in [-0.2, 0) is 31.4 Å². The van der Waals surface area contributed by atoms with Crippen LogP contribution in [0.4, 0.5) is 14.5 Å². The van der Waals surface area contributed by atoms with Gasteiger partial charge in [-0.3, -0.25) is 4.79 Å². The lowest BCUT2D eigenvalue weighted by atomic mass is 9.91. The first kappa shape index (κ1) is 25.0. The maximum absolute atomic E-state index is 14.5. The zero-order valence-corrected chi connectivity index (χ0v) is 20.8. The van der Waals surface area contributed by atoms with Crippen LogP contribution in [0.25, 0.3) is 11.4 Å². The highest BCUT2D eigenvalue weighted by Crippen LogP contribution is 2.36. The van der Waals surface area contributed by atoms with Gasteiger partial charge in [0.05, 0.1) is 36.6 Å². The number of aliphatic carboxylic acids is 1. The van der Waals surface area contributed by atoms with E-state index in [1.54, 1.807) is 39.8 Å². The lowest BCUT2D eigenvalue weighted by molar-refractivity contribution is -0.139. The summed E-state index contributed by atoms with van der Waals surface area (Å²) in [6, 6.07) is 3.48. The van der Waals surface area contributed by atoms with E-state index < -0.39 is 30.8 Å². The second-order valence-electron chi connectivity index (χ2n) is 9.90. The third kappa shape index (κ3) is 5.86. The Balaban J connectivity index is 1.35. The number of halogens is 2. The fourth-order valence-electron chi connectivity index (χ4n) is 4.79. The molecule has 1 N–H and O–H groups in total. The molecule has 3 aromatic rings. The van der Waals surface area contributed by atoms with Crippen LogP contribution in [0.5, 0.6) is 5.88 Å². The summed E-state index contributed by atoms with van der Waals surface area (Å²) in [5, 5.41) is 26.1. The zero-order valence-electron chi connectivity index (χ0n) is 20.8. The molecule has 1 unspecified atom stereocenters. The van der Waals surface area contributed by atoms with Crippen molar-refractivity contribution in [3.63, 3.8) is 0 Å². The SMILES string of the molecule is CCc1nc(-c2nnn(C)c2COc2cnn(CC3CC3)n2)ccc1N1CC(CC(=O)O)CC(F)(F)C1. The molecule has 1 saturated heterocycles. The lowest BCUT2D eigenvalue weighted by Gasteiger charge is -2.39. The van der Waals surface area contributed by atoms with Crippen molar-refractivity contribution >= 4 is 11.7 Å². The van der Waals surface area contributed by atoms with Gasteiger partial charge in [0.1, 0.15) is 24.2 Å². The Morgan fingerprint density at radius 3 is 2.81 bits per heavy atom. The van der Waals surface area contributed by atoms with Gasteiger partial charge in [-0.15, -0.1) is 10.2 Å². The second kappa shape index (κ2) is 10.0. The Morgan fingerprint density at radius 2 is 2.08 bits per heavy atom. The van der Waals surface area contributed by atoms with Crippen molar-refractivity contribution in [2.75, 3.05) is 18.0 Å². The summed E-state index contributed by atoms with van der Waals surface area (Å²) < 4.78 is 36.4. The van der Waals surface area contributed by atoms with Crippen molar-refractivity contribution in [1.29, 1.82) is 0 Å². The largest absolute Gasteiger partial charge is 0.481 e. The second-order valence-corrected chi connectivity index (χ2v) is 9.90. The molecule has 1 saturated carbocycles. The molecule has 5 rings (SSSR count). The molecule has 2 aliphatic rings. The van der Waals surface area contributed by atoms with E-state index in [0.717, 1.165) is 6.54 Å². The molecular formula is C24H30F2N8O3. The van der Waals surface area contributed by atoms with Crippen molar-refractivity contribution in [3.05, 3.63) is 29.7 Å². The number of ether oxygens (including phenoxy) is 1. The topological polar surface area (TPSA) is 124 Å². The normalized spacial score (nSPS) is 19.2. The molecule has 1 aliphatic heterocycles. The number of carboxylic acids is 1. The number of piperidine rings is 1. The first-order valence-electron chi connectivity index (χ1n) is 12.5. The minimum atomic E-state index is -2.97. The van der Waals surface area contributed by atoms with E-state index in [9.17, 15) is 13.6 Å². The summed E-state index contributed by atoms with van der Waals surface area (Å²) >= 11 is 0.